The summed E-state index contributed by atoms with van der Waals surface area (Å²) in [4.78, 5) is 8.56. The number of hydrogen-bond acceptors (Lipinski definition) is 5. The van der Waals surface area contributed by atoms with Crippen molar-refractivity contribution >= 4 is 5.82 Å². The number of nitrogens with one attached hydrogen (secondary N) is 2. The van der Waals surface area contributed by atoms with Gasteiger partial charge in [-0.2, -0.15) is 5.26 Å². The molecule has 0 radical (unpaired) electrons. The van der Waals surface area contributed by atoms with Crippen molar-refractivity contribution in [1.82, 2.24) is 15.3 Å². The lowest BCUT2D eigenvalue weighted by atomic mass is 10.1. The van der Waals surface area contributed by atoms with Crippen LogP contribution in [0.5, 0.6) is 0 Å². The molecule has 0 spiro atoms. The van der Waals surface area contributed by atoms with Gasteiger partial charge in [0.2, 0.25) is 5.82 Å². The van der Waals surface area contributed by atoms with Crippen molar-refractivity contribution in [2.45, 2.75) is 39.2 Å². The topological polar surface area (TPSA) is 73.6 Å². The molecule has 1 aliphatic rings. The molecule has 0 saturated heterocycles. The predicted molar refractivity (Wildman–Crippen MR) is 70.2 cm³/mol. The Hall–Kier alpha value is -1.67. The Morgan fingerprint density at radius 2 is 2.28 bits per heavy atom. The highest BCUT2D eigenvalue weighted by atomic mass is 15.1. The number of nitriles is 1. The first kappa shape index (κ1) is 12.8. The Labute approximate surface area is 108 Å². The lowest BCUT2D eigenvalue weighted by Gasteiger charge is -2.19. The van der Waals surface area contributed by atoms with Crippen molar-refractivity contribution in [2.75, 3.05) is 18.4 Å². The highest BCUT2D eigenvalue weighted by molar-refractivity contribution is 5.48. The number of hydrogen-bond donors (Lipinski definition) is 2. The van der Waals surface area contributed by atoms with E-state index in [2.05, 4.69) is 27.5 Å². The summed E-state index contributed by atoms with van der Waals surface area (Å²) >= 11 is 0. The van der Waals surface area contributed by atoms with Crippen LogP contribution in [0.15, 0.2) is 0 Å². The molecule has 2 rings (SSSR count). The fourth-order valence-electron chi connectivity index (χ4n) is 2.12. The zero-order valence-corrected chi connectivity index (χ0v) is 10.8. The van der Waals surface area contributed by atoms with Gasteiger partial charge in [0.1, 0.15) is 11.9 Å². The van der Waals surface area contributed by atoms with Crippen molar-refractivity contribution < 1.29 is 0 Å². The summed E-state index contributed by atoms with van der Waals surface area (Å²) in [7, 11) is 0. The monoisotopic (exact) mass is 245 g/mol. The van der Waals surface area contributed by atoms with Gasteiger partial charge >= 0.3 is 0 Å². The van der Waals surface area contributed by atoms with Crippen LogP contribution in [0.25, 0.3) is 0 Å². The largest absolute Gasteiger partial charge is 0.370 e. The maximum atomic E-state index is 8.95. The molecule has 1 aromatic rings. The van der Waals surface area contributed by atoms with Crippen LogP contribution in [0.1, 0.15) is 43.3 Å². The van der Waals surface area contributed by atoms with Crippen molar-refractivity contribution in [3.8, 4) is 6.07 Å². The van der Waals surface area contributed by atoms with Crippen LogP contribution in [0.2, 0.25) is 0 Å². The van der Waals surface area contributed by atoms with Gasteiger partial charge in [-0.25, -0.2) is 9.97 Å². The van der Waals surface area contributed by atoms with Crippen LogP contribution in [0.4, 0.5) is 5.82 Å². The van der Waals surface area contributed by atoms with Gasteiger partial charge in [0, 0.05) is 31.6 Å². The minimum Gasteiger partial charge on any atom is -0.370 e. The first-order valence-corrected chi connectivity index (χ1v) is 6.59. The van der Waals surface area contributed by atoms with Crippen LogP contribution in [-0.2, 0) is 13.0 Å². The van der Waals surface area contributed by atoms with Crippen molar-refractivity contribution in [1.29, 1.82) is 5.26 Å². The quantitative estimate of drug-likeness (QED) is 0.771. The molecule has 0 amide bonds. The standard InChI is InChI=1S/C13H19N5/c1-2-3-4-6-16-13-10-9-15-7-5-11(10)17-12(8-14)18-13/h15H,2-7,9H2,1H3,(H,16,17,18). The molecule has 0 aliphatic carbocycles. The molecule has 0 saturated carbocycles. The fourth-order valence-corrected chi connectivity index (χ4v) is 2.12. The Bertz CT molecular complexity index is 449. The third kappa shape index (κ3) is 2.96. The van der Waals surface area contributed by atoms with Gasteiger partial charge in [-0.3, -0.25) is 0 Å². The molecule has 2 heterocycles. The number of nitrogens with zero attached hydrogens (tertiary/aromatic N) is 3. The lowest BCUT2D eigenvalue weighted by molar-refractivity contribution is 0.625. The average molecular weight is 245 g/mol. The molecular weight excluding hydrogens is 226 g/mol. The van der Waals surface area contributed by atoms with Gasteiger partial charge in [-0.05, 0) is 6.42 Å². The molecule has 1 aliphatic heterocycles. The number of aromatic nitrogens is 2. The van der Waals surface area contributed by atoms with Gasteiger partial charge in [-0.1, -0.05) is 19.8 Å². The van der Waals surface area contributed by atoms with E-state index in [0.717, 1.165) is 49.6 Å². The van der Waals surface area contributed by atoms with Crippen molar-refractivity contribution in [3.63, 3.8) is 0 Å². The summed E-state index contributed by atoms with van der Waals surface area (Å²) in [6, 6.07) is 2.04. The SMILES string of the molecule is CCCCCNc1nc(C#N)nc2c1CNCC2. The highest BCUT2D eigenvalue weighted by Crippen LogP contribution is 2.19. The summed E-state index contributed by atoms with van der Waals surface area (Å²) < 4.78 is 0. The Morgan fingerprint density at radius 3 is 3.06 bits per heavy atom. The first-order valence-electron chi connectivity index (χ1n) is 6.59. The minimum absolute atomic E-state index is 0.272. The predicted octanol–water partition coefficient (Wildman–Crippen LogP) is 1.60. The zero-order valence-electron chi connectivity index (χ0n) is 10.8. The second-order valence-corrected chi connectivity index (χ2v) is 4.49. The molecule has 1 aromatic heterocycles. The van der Waals surface area contributed by atoms with E-state index in [1.165, 1.54) is 12.8 Å². The van der Waals surface area contributed by atoms with Crippen LogP contribution in [-0.4, -0.2) is 23.1 Å². The maximum absolute atomic E-state index is 8.95. The number of unbranched alkanes of at least 4 members (excludes halogenated alkanes) is 2. The minimum atomic E-state index is 0.272. The average Bonchev–Trinajstić information content (AvgIpc) is 2.43. The van der Waals surface area contributed by atoms with E-state index in [0.29, 0.717) is 0 Å². The molecule has 2 N–H and O–H groups in total. The Balaban J connectivity index is 2.14. The molecule has 0 bridgehead atoms. The molecule has 5 nitrogen and oxygen atoms in total. The van der Waals surface area contributed by atoms with Crippen LogP contribution in [0.3, 0.4) is 0 Å². The molecule has 0 unspecified atom stereocenters. The zero-order chi connectivity index (χ0) is 12.8. The molecule has 5 heteroatoms. The highest BCUT2D eigenvalue weighted by Gasteiger charge is 2.17. The summed E-state index contributed by atoms with van der Waals surface area (Å²) in [5.74, 6) is 1.11. The van der Waals surface area contributed by atoms with E-state index in [4.69, 9.17) is 5.26 Å². The van der Waals surface area contributed by atoms with Crippen LogP contribution < -0.4 is 10.6 Å². The smallest absolute Gasteiger partial charge is 0.234 e. The van der Waals surface area contributed by atoms with E-state index >= 15 is 0 Å². The fraction of sp³-hybridized carbons (Fsp3) is 0.615. The Kier molecular flexibility index (Phi) is 4.48. The summed E-state index contributed by atoms with van der Waals surface area (Å²) in [5.41, 5.74) is 2.13. The van der Waals surface area contributed by atoms with Gasteiger partial charge in [-0.15, -0.1) is 0 Å². The third-order valence-electron chi connectivity index (χ3n) is 3.11. The van der Waals surface area contributed by atoms with E-state index in [9.17, 15) is 0 Å². The molecular formula is C13H19N5. The normalized spacial score (nSPS) is 13.8. The van der Waals surface area contributed by atoms with E-state index < -0.39 is 0 Å². The summed E-state index contributed by atoms with van der Waals surface area (Å²) in [6.07, 6.45) is 4.42. The maximum Gasteiger partial charge on any atom is 0.234 e. The molecule has 18 heavy (non-hydrogen) atoms. The second-order valence-electron chi connectivity index (χ2n) is 4.49. The van der Waals surface area contributed by atoms with Gasteiger partial charge in [0.15, 0.2) is 0 Å². The summed E-state index contributed by atoms with van der Waals surface area (Å²) in [5, 5.41) is 15.6. The molecule has 0 fully saturated rings. The second kappa shape index (κ2) is 6.31. The van der Waals surface area contributed by atoms with Crippen molar-refractivity contribution in [2.24, 2.45) is 0 Å². The van der Waals surface area contributed by atoms with Gasteiger partial charge in [0.05, 0.1) is 5.69 Å². The molecule has 0 aromatic carbocycles. The van der Waals surface area contributed by atoms with Gasteiger partial charge in [0.25, 0.3) is 0 Å². The van der Waals surface area contributed by atoms with Crippen LogP contribution >= 0.6 is 0 Å². The number of anilines is 1. The van der Waals surface area contributed by atoms with Crippen LogP contribution in [0, 0.1) is 11.3 Å². The lowest BCUT2D eigenvalue weighted by Crippen LogP contribution is -2.27. The first-order chi connectivity index (χ1) is 8.85. The third-order valence-corrected chi connectivity index (χ3v) is 3.11. The number of fused-ring (bicyclic) bond motifs is 1. The number of rotatable bonds is 5. The summed E-state index contributed by atoms with van der Waals surface area (Å²) in [6.45, 7) is 4.80. The Morgan fingerprint density at radius 1 is 1.39 bits per heavy atom. The molecule has 0 atom stereocenters. The van der Waals surface area contributed by atoms with Crippen molar-refractivity contribution in [3.05, 3.63) is 17.1 Å². The molecule has 96 valence electrons. The van der Waals surface area contributed by atoms with E-state index in [-0.39, 0.29) is 5.82 Å². The van der Waals surface area contributed by atoms with E-state index in [1.807, 2.05) is 6.07 Å². The van der Waals surface area contributed by atoms with E-state index in [1.54, 1.807) is 0 Å². The van der Waals surface area contributed by atoms with Gasteiger partial charge < -0.3 is 10.6 Å².